The zero-order chi connectivity index (χ0) is 16.3. The number of halogens is 1. The maximum atomic E-state index is 13.7. The molecule has 1 amide bonds. The summed E-state index contributed by atoms with van der Waals surface area (Å²) in [5, 5.41) is 11.4. The van der Waals surface area contributed by atoms with Crippen LogP contribution in [0.25, 0.3) is 0 Å². The van der Waals surface area contributed by atoms with Gasteiger partial charge < -0.3 is 20.1 Å². The van der Waals surface area contributed by atoms with Gasteiger partial charge in [-0.3, -0.25) is 9.59 Å². The molecule has 118 valence electrons. The smallest absolute Gasteiger partial charge is 0.338 e. The summed E-state index contributed by atoms with van der Waals surface area (Å²) in [4.78, 5) is 34.3. The van der Waals surface area contributed by atoms with Crippen molar-refractivity contribution >= 4 is 23.9 Å². The maximum Gasteiger partial charge on any atom is 0.338 e. The summed E-state index contributed by atoms with van der Waals surface area (Å²) in [6.07, 6.45) is -0.758. The number of nitrogens with one attached hydrogen (secondary N) is 1. The first-order valence-electron chi connectivity index (χ1n) is 6.57. The number of carbonyl (C=O) groups excluding carboxylic acids is 2. The molecule has 1 fully saturated rings. The highest BCUT2D eigenvalue weighted by molar-refractivity contribution is 5.88. The molecular formula is C14H15FN2O5. The largest absolute Gasteiger partial charge is 0.478 e. The lowest BCUT2D eigenvalue weighted by Crippen LogP contribution is -2.33. The molecule has 0 saturated carbocycles. The summed E-state index contributed by atoms with van der Waals surface area (Å²) in [5.41, 5.74) is -0.105. The number of hydrogen-bond donors (Lipinski definition) is 2. The zero-order valence-corrected chi connectivity index (χ0v) is 11.8. The normalized spacial score (nSPS) is 20.7. The number of aldehydes is 1. The van der Waals surface area contributed by atoms with Gasteiger partial charge in [0.1, 0.15) is 5.82 Å². The lowest BCUT2D eigenvalue weighted by Gasteiger charge is -2.21. The molecule has 1 aliphatic heterocycles. The van der Waals surface area contributed by atoms with Crippen molar-refractivity contribution in [3.63, 3.8) is 0 Å². The number of aromatic carboxylic acids is 1. The second-order valence-electron chi connectivity index (χ2n) is 4.84. The molecule has 0 spiro atoms. The monoisotopic (exact) mass is 310 g/mol. The highest BCUT2D eigenvalue weighted by Crippen LogP contribution is 2.25. The predicted octanol–water partition coefficient (Wildman–Crippen LogP) is 0.390. The fourth-order valence-electron chi connectivity index (χ4n) is 2.22. The van der Waals surface area contributed by atoms with E-state index >= 15 is 0 Å². The van der Waals surface area contributed by atoms with E-state index in [9.17, 15) is 18.8 Å². The van der Waals surface area contributed by atoms with Crippen molar-refractivity contribution in [2.75, 3.05) is 18.0 Å². The van der Waals surface area contributed by atoms with E-state index in [1.165, 1.54) is 17.9 Å². The summed E-state index contributed by atoms with van der Waals surface area (Å²) in [6.45, 7) is 1.87. The number of anilines is 1. The van der Waals surface area contributed by atoms with Crippen LogP contribution in [0.15, 0.2) is 18.2 Å². The van der Waals surface area contributed by atoms with Crippen molar-refractivity contribution < 1.29 is 28.6 Å². The van der Waals surface area contributed by atoms with Gasteiger partial charge >= 0.3 is 5.97 Å². The minimum absolute atomic E-state index is 0.221. The van der Waals surface area contributed by atoms with Gasteiger partial charge in [-0.25, -0.2) is 9.18 Å². The molecule has 2 atom stereocenters. The van der Waals surface area contributed by atoms with Gasteiger partial charge in [-0.1, -0.05) is 0 Å². The Morgan fingerprint density at radius 3 is 2.82 bits per heavy atom. The van der Waals surface area contributed by atoms with Crippen LogP contribution in [0.4, 0.5) is 10.1 Å². The number of hydrogen-bond acceptors (Lipinski definition) is 5. The molecule has 8 heteroatoms. The van der Waals surface area contributed by atoms with Crippen LogP contribution in [0.1, 0.15) is 17.3 Å². The fraction of sp³-hybridized carbons (Fsp3) is 0.357. The number of rotatable bonds is 5. The average Bonchev–Trinajstić information content (AvgIpc) is 2.87. The van der Waals surface area contributed by atoms with Crippen LogP contribution in [-0.4, -0.2) is 48.7 Å². The Morgan fingerprint density at radius 1 is 1.55 bits per heavy atom. The average molecular weight is 310 g/mol. The van der Waals surface area contributed by atoms with Crippen LogP contribution >= 0.6 is 0 Å². The van der Waals surface area contributed by atoms with Gasteiger partial charge in [0.25, 0.3) is 0 Å². The van der Waals surface area contributed by atoms with Crippen LogP contribution in [0.2, 0.25) is 0 Å². The summed E-state index contributed by atoms with van der Waals surface area (Å²) in [6, 6.07) is 3.59. The maximum absolute atomic E-state index is 13.7. The molecular weight excluding hydrogens is 295 g/mol. The molecule has 1 aliphatic rings. The standard InChI is InChI=1S/C14H15FN2O5/c1-8(19)16-5-10-6-17(13(7-18)22-10)9-2-3-11(14(20)21)12(15)4-9/h2-4,7,10,13H,5-6H2,1H3,(H,16,19)(H,20,21)/t10-,13?/m0/s1. The van der Waals surface area contributed by atoms with Gasteiger partial charge in [-0.15, -0.1) is 0 Å². The van der Waals surface area contributed by atoms with E-state index in [1.54, 1.807) is 0 Å². The molecule has 1 aromatic rings. The number of ether oxygens (including phenoxy) is 1. The molecule has 0 aromatic heterocycles. The third kappa shape index (κ3) is 3.40. The van der Waals surface area contributed by atoms with Crippen LogP contribution in [0.5, 0.6) is 0 Å². The molecule has 2 N–H and O–H groups in total. The Labute approximate surface area is 125 Å². The van der Waals surface area contributed by atoms with E-state index in [0.717, 1.165) is 12.1 Å². The lowest BCUT2D eigenvalue weighted by atomic mass is 10.1. The molecule has 1 unspecified atom stereocenters. The fourth-order valence-corrected chi connectivity index (χ4v) is 2.22. The molecule has 0 bridgehead atoms. The first-order chi connectivity index (χ1) is 10.4. The van der Waals surface area contributed by atoms with E-state index in [4.69, 9.17) is 9.84 Å². The molecule has 1 aromatic carbocycles. The second kappa shape index (κ2) is 6.52. The van der Waals surface area contributed by atoms with Gasteiger partial charge in [0.2, 0.25) is 5.91 Å². The summed E-state index contributed by atoms with van der Waals surface area (Å²) in [7, 11) is 0. The van der Waals surface area contributed by atoms with Crippen molar-refractivity contribution in [3.8, 4) is 0 Å². The lowest BCUT2D eigenvalue weighted by molar-refractivity contribution is -0.120. The van der Waals surface area contributed by atoms with Gasteiger partial charge in [0.15, 0.2) is 12.5 Å². The summed E-state index contributed by atoms with van der Waals surface area (Å²) >= 11 is 0. The van der Waals surface area contributed by atoms with Crippen LogP contribution in [-0.2, 0) is 14.3 Å². The molecule has 22 heavy (non-hydrogen) atoms. The van der Waals surface area contributed by atoms with E-state index < -0.39 is 29.7 Å². The molecule has 2 rings (SSSR count). The van der Waals surface area contributed by atoms with Gasteiger partial charge in [-0.2, -0.15) is 0 Å². The van der Waals surface area contributed by atoms with Crippen molar-refractivity contribution in [2.45, 2.75) is 19.3 Å². The van der Waals surface area contributed by atoms with Crippen LogP contribution in [0, 0.1) is 5.82 Å². The van der Waals surface area contributed by atoms with Crippen molar-refractivity contribution in [1.82, 2.24) is 5.32 Å². The van der Waals surface area contributed by atoms with E-state index in [1.807, 2.05) is 0 Å². The number of nitrogens with zero attached hydrogens (tertiary/aromatic N) is 1. The molecule has 7 nitrogen and oxygen atoms in total. The van der Waals surface area contributed by atoms with E-state index in [-0.39, 0.29) is 19.0 Å². The number of amides is 1. The molecule has 0 radical (unpaired) electrons. The quantitative estimate of drug-likeness (QED) is 0.764. The first kappa shape index (κ1) is 15.9. The van der Waals surface area contributed by atoms with E-state index in [0.29, 0.717) is 12.0 Å². The Hall–Kier alpha value is -2.48. The molecule has 0 aliphatic carbocycles. The Kier molecular flexibility index (Phi) is 4.71. The minimum atomic E-state index is -1.36. The predicted molar refractivity (Wildman–Crippen MR) is 74.1 cm³/mol. The highest BCUT2D eigenvalue weighted by atomic mass is 19.1. The van der Waals surface area contributed by atoms with Gasteiger partial charge in [-0.05, 0) is 18.2 Å². The van der Waals surface area contributed by atoms with Crippen LogP contribution < -0.4 is 10.2 Å². The Balaban J connectivity index is 2.16. The number of benzene rings is 1. The Bertz CT molecular complexity index is 607. The van der Waals surface area contributed by atoms with Crippen LogP contribution in [0.3, 0.4) is 0 Å². The van der Waals surface area contributed by atoms with E-state index in [2.05, 4.69) is 5.32 Å². The zero-order valence-electron chi connectivity index (χ0n) is 11.8. The minimum Gasteiger partial charge on any atom is -0.478 e. The topological polar surface area (TPSA) is 95.9 Å². The second-order valence-corrected chi connectivity index (χ2v) is 4.84. The SMILES string of the molecule is CC(=O)NC[C@H]1CN(c2ccc(C(=O)O)c(F)c2)C(C=O)O1. The van der Waals surface area contributed by atoms with Gasteiger partial charge in [0.05, 0.1) is 11.7 Å². The summed E-state index contributed by atoms with van der Waals surface area (Å²) in [5.74, 6) is -2.47. The third-order valence-electron chi connectivity index (χ3n) is 3.25. The first-order valence-corrected chi connectivity index (χ1v) is 6.57. The summed E-state index contributed by atoms with van der Waals surface area (Å²) < 4.78 is 19.2. The van der Waals surface area contributed by atoms with Crippen molar-refractivity contribution in [2.24, 2.45) is 0 Å². The third-order valence-corrected chi connectivity index (χ3v) is 3.25. The number of carboxylic acids is 1. The van der Waals surface area contributed by atoms with Gasteiger partial charge in [0, 0.05) is 25.7 Å². The Morgan fingerprint density at radius 2 is 2.27 bits per heavy atom. The van der Waals surface area contributed by atoms with Crippen molar-refractivity contribution in [3.05, 3.63) is 29.6 Å². The number of carbonyl (C=O) groups is 3. The molecule has 1 heterocycles. The van der Waals surface area contributed by atoms with Crippen molar-refractivity contribution in [1.29, 1.82) is 0 Å². The molecule has 1 saturated heterocycles. The highest BCUT2D eigenvalue weighted by Gasteiger charge is 2.33. The number of carboxylic acid groups (broad SMARTS) is 1.